The third-order valence-corrected chi connectivity index (χ3v) is 2.17. The van der Waals surface area contributed by atoms with Crippen molar-refractivity contribution in [1.29, 1.82) is 0 Å². The van der Waals surface area contributed by atoms with Gasteiger partial charge in [0, 0.05) is 11.3 Å². The highest BCUT2D eigenvalue weighted by Crippen LogP contribution is 2.31. The summed E-state index contributed by atoms with van der Waals surface area (Å²) in [5.74, 6) is -0.112. The van der Waals surface area contributed by atoms with Gasteiger partial charge in [0.05, 0.1) is 0 Å². The number of rotatable bonds is 0. The van der Waals surface area contributed by atoms with Gasteiger partial charge in [-0.15, -0.1) is 12.4 Å². The SMILES string of the molecule is Cc1cccc2c1NC(=O)C2N.Cl. The van der Waals surface area contributed by atoms with Gasteiger partial charge in [0.25, 0.3) is 0 Å². The van der Waals surface area contributed by atoms with Crippen molar-refractivity contribution < 1.29 is 4.79 Å². The highest BCUT2D eigenvalue weighted by atomic mass is 35.5. The highest BCUT2D eigenvalue weighted by Gasteiger charge is 2.27. The first-order chi connectivity index (χ1) is 5.70. The van der Waals surface area contributed by atoms with Gasteiger partial charge in [0.1, 0.15) is 6.04 Å². The van der Waals surface area contributed by atoms with Gasteiger partial charge >= 0.3 is 0 Å². The Kier molecular flexibility index (Phi) is 2.59. The second kappa shape index (κ2) is 3.36. The lowest BCUT2D eigenvalue weighted by Crippen LogP contribution is -2.19. The largest absolute Gasteiger partial charge is 0.324 e. The zero-order valence-electron chi connectivity index (χ0n) is 7.20. The summed E-state index contributed by atoms with van der Waals surface area (Å²) in [7, 11) is 0. The molecule has 0 bridgehead atoms. The van der Waals surface area contributed by atoms with E-state index in [9.17, 15) is 4.79 Å². The summed E-state index contributed by atoms with van der Waals surface area (Å²) in [6.07, 6.45) is 0. The molecule has 1 aliphatic heterocycles. The number of nitrogens with two attached hydrogens (primary N) is 1. The number of anilines is 1. The van der Waals surface area contributed by atoms with Crippen LogP contribution >= 0.6 is 12.4 Å². The van der Waals surface area contributed by atoms with Crippen molar-refractivity contribution >= 4 is 24.0 Å². The Bertz CT molecular complexity index is 351. The summed E-state index contributed by atoms with van der Waals surface area (Å²) in [5, 5.41) is 2.75. The summed E-state index contributed by atoms with van der Waals surface area (Å²) in [5.41, 5.74) is 8.50. The van der Waals surface area contributed by atoms with Crippen molar-refractivity contribution in [2.75, 3.05) is 5.32 Å². The van der Waals surface area contributed by atoms with E-state index in [1.807, 2.05) is 25.1 Å². The number of nitrogens with one attached hydrogen (secondary N) is 1. The van der Waals surface area contributed by atoms with Crippen LogP contribution in [0.5, 0.6) is 0 Å². The molecule has 0 aromatic heterocycles. The van der Waals surface area contributed by atoms with E-state index >= 15 is 0 Å². The summed E-state index contributed by atoms with van der Waals surface area (Å²) >= 11 is 0. The Morgan fingerprint density at radius 1 is 1.46 bits per heavy atom. The monoisotopic (exact) mass is 198 g/mol. The molecular weight excluding hydrogens is 188 g/mol. The maximum atomic E-state index is 11.1. The van der Waals surface area contributed by atoms with Crippen LogP contribution in [0.15, 0.2) is 18.2 Å². The number of fused-ring (bicyclic) bond motifs is 1. The number of carbonyl (C=O) groups excluding carboxylic acids is 1. The standard InChI is InChI=1S/C9H10N2O.ClH/c1-5-3-2-4-6-7(10)9(12)11-8(5)6;/h2-4,7H,10H2,1H3,(H,11,12);1H. The fourth-order valence-electron chi connectivity index (χ4n) is 1.46. The van der Waals surface area contributed by atoms with Crippen molar-refractivity contribution in [3.8, 4) is 0 Å². The summed E-state index contributed by atoms with van der Waals surface area (Å²) in [6.45, 7) is 1.96. The van der Waals surface area contributed by atoms with Crippen LogP contribution in [0, 0.1) is 6.92 Å². The Balaban J connectivity index is 0.000000845. The van der Waals surface area contributed by atoms with Gasteiger partial charge in [0.2, 0.25) is 5.91 Å². The molecule has 0 radical (unpaired) electrons. The molecule has 0 spiro atoms. The Morgan fingerprint density at radius 2 is 2.15 bits per heavy atom. The molecular formula is C9H11ClN2O. The molecule has 3 nitrogen and oxygen atoms in total. The number of benzene rings is 1. The van der Waals surface area contributed by atoms with Gasteiger partial charge in [-0.1, -0.05) is 18.2 Å². The highest BCUT2D eigenvalue weighted by molar-refractivity contribution is 6.03. The van der Waals surface area contributed by atoms with Gasteiger partial charge in [0.15, 0.2) is 0 Å². The molecule has 2 rings (SSSR count). The van der Waals surface area contributed by atoms with Crippen molar-refractivity contribution in [3.05, 3.63) is 29.3 Å². The molecule has 1 atom stereocenters. The molecule has 3 N–H and O–H groups in total. The van der Waals surface area contributed by atoms with E-state index < -0.39 is 6.04 Å². The molecule has 1 amide bonds. The maximum absolute atomic E-state index is 11.1. The lowest BCUT2D eigenvalue weighted by molar-refractivity contribution is -0.116. The molecule has 13 heavy (non-hydrogen) atoms. The molecule has 1 unspecified atom stereocenters. The molecule has 1 aliphatic rings. The van der Waals surface area contributed by atoms with E-state index in [4.69, 9.17) is 5.73 Å². The molecule has 1 aromatic carbocycles. The third-order valence-electron chi connectivity index (χ3n) is 2.17. The summed E-state index contributed by atoms with van der Waals surface area (Å²) in [4.78, 5) is 11.1. The van der Waals surface area contributed by atoms with E-state index in [-0.39, 0.29) is 18.3 Å². The van der Waals surface area contributed by atoms with Crippen molar-refractivity contribution in [3.63, 3.8) is 0 Å². The van der Waals surface area contributed by atoms with E-state index in [1.165, 1.54) is 0 Å². The van der Waals surface area contributed by atoms with Crippen molar-refractivity contribution in [2.45, 2.75) is 13.0 Å². The van der Waals surface area contributed by atoms with Crippen LogP contribution in [0.3, 0.4) is 0 Å². The molecule has 1 heterocycles. The van der Waals surface area contributed by atoms with Crippen LogP contribution in [0.2, 0.25) is 0 Å². The fraction of sp³-hybridized carbons (Fsp3) is 0.222. The second-order valence-corrected chi connectivity index (χ2v) is 3.01. The van der Waals surface area contributed by atoms with Gasteiger partial charge in [-0.2, -0.15) is 0 Å². The normalized spacial score (nSPS) is 18.9. The van der Waals surface area contributed by atoms with E-state index in [2.05, 4.69) is 5.32 Å². The van der Waals surface area contributed by atoms with Gasteiger partial charge in [-0.3, -0.25) is 4.79 Å². The minimum absolute atomic E-state index is 0. The number of carbonyl (C=O) groups is 1. The topological polar surface area (TPSA) is 55.1 Å². The van der Waals surface area contributed by atoms with Crippen LogP contribution in [-0.4, -0.2) is 5.91 Å². The van der Waals surface area contributed by atoms with Crippen molar-refractivity contribution in [1.82, 2.24) is 0 Å². The smallest absolute Gasteiger partial charge is 0.245 e. The summed E-state index contributed by atoms with van der Waals surface area (Å²) in [6, 6.07) is 5.26. The van der Waals surface area contributed by atoms with Crippen LogP contribution in [0.4, 0.5) is 5.69 Å². The molecule has 0 saturated heterocycles. The zero-order chi connectivity index (χ0) is 8.72. The Labute approximate surface area is 82.7 Å². The fourth-order valence-corrected chi connectivity index (χ4v) is 1.46. The maximum Gasteiger partial charge on any atom is 0.245 e. The number of halogens is 1. The molecule has 0 aliphatic carbocycles. The minimum atomic E-state index is -0.486. The van der Waals surface area contributed by atoms with Crippen molar-refractivity contribution in [2.24, 2.45) is 5.73 Å². The minimum Gasteiger partial charge on any atom is -0.324 e. The van der Waals surface area contributed by atoms with Crippen LogP contribution in [0.1, 0.15) is 17.2 Å². The van der Waals surface area contributed by atoms with E-state index in [0.717, 1.165) is 16.8 Å². The number of aryl methyl sites for hydroxylation is 1. The number of hydrogen-bond donors (Lipinski definition) is 2. The number of para-hydroxylation sites is 1. The number of amides is 1. The van der Waals surface area contributed by atoms with Crippen LogP contribution in [0.25, 0.3) is 0 Å². The average Bonchev–Trinajstić information content (AvgIpc) is 2.32. The second-order valence-electron chi connectivity index (χ2n) is 3.01. The van der Waals surface area contributed by atoms with Gasteiger partial charge in [-0.05, 0) is 12.5 Å². The molecule has 4 heteroatoms. The van der Waals surface area contributed by atoms with Gasteiger partial charge in [-0.25, -0.2) is 0 Å². The lowest BCUT2D eigenvalue weighted by Gasteiger charge is -2.02. The number of hydrogen-bond acceptors (Lipinski definition) is 2. The lowest BCUT2D eigenvalue weighted by atomic mass is 10.1. The molecule has 1 aromatic rings. The third kappa shape index (κ3) is 1.41. The van der Waals surface area contributed by atoms with E-state index in [1.54, 1.807) is 0 Å². The first-order valence-electron chi connectivity index (χ1n) is 3.86. The van der Waals surface area contributed by atoms with Crippen LogP contribution < -0.4 is 11.1 Å². The predicted molar refractivity (Wildman–Crippen MR) is 54.0 cm³/mol. The molecule has 0 saturated carbocycles. The summed E-state index contributed by atoms with van der Waals surface area (Å²) < 4.78 is 0. The Morgan fingerprint density at radius 3 is 2.77 bits per heavy atom. The molecule has 70 valence electrons. The quantitative estimate of drug-likeness (QED) is 0.662. The van der Waals surface area contributed by atoms with Gasteiger partial charge < -0.3 is 11.1 Å². The first-order valence-corrected chi connectivity index (χ1v) is 3.86. The zero-order valence-corrected chi connectivity index (χ0v) is 8.02. The Hall–Kier alpha value is -1.06. The predicted octanol–water partition coefficient (Wildman–Crippen LogP) is 1.37. The average molecular weight is 199 g/mol. The first kappa shape index (κ1) is 10.0. The molecule has 0 fully saturated rings. The van der Waals surface area contributed by atoms with Crippen LogP contribution in [-0.2, 0) is 4.79 Å². The van der Waals surface area contributed by atoms with E-state index in [0.29, 0.717) is 0 Å².